The van der Waals surface area contributed by atoms with Crippen molar-refractivity contribution in [1.29, 1.82) is 0 Å². The van der Waals surface area contributed by atoms with Gasteiger partial charge in [-0.1, -0.05) is 0 Å². The van der Waals surface area contributed by atoms with E-state index < -0.39 is 0 Å². The zero-order valence-electron chi connectivity index (χ0n) is 9.26. The van der Waals surface area contributed by atoms with E-state index in [2.05, 4.69) is 21.0 Å². The van der Waals surface area contributed by atoms with Crippen LogP contribution in [-0.4, -0.2) is 40.2 Å². The van der Waals surface area contributed by atoms with Crippen molar-refractivity contribution in [3.05, 3.63) is 16.9 Å². The second-order valence-corrected chi connectivity index (χ2v) is 4.36. The number of amides is 1. The molecule has 7 heteroatoms. The van der Waals surface area contributed by atoms with Crippen molar-refractivity contribution < 1.29 is 4.79 Å². The molecule has 5 nitrogen and oxygen atoms in total. The zero-order valence-corrected chi connectivity index (χ0v) is 11.7. The summed E-state index contributed by atoms with van der Waals surface area (Å²) in [7, 11) is 1.75. The Morgan fingerprint density at radius 1 is 1.75 bits per heavy atom. The van der Waals surface area contributed by atoms with Crippen LogP contribution in [0.15, 0.2) is 16.9 Å². The molecule has 1 aromatic heterocycles. The van der Waals surface area contributed by atoms with E-state index in [1.54, 1.807) is 29.0 Å². The first-order chi connectivity index (χ1) is 7.04. The lowest BCUT2D eigenvalue weighted by Crippen LogP contribution is -2.41. The number of nitrogens with two attached hydrogens (primary N) is 1. The highest BCUT2D eigenvalue weighted by atomic mass is 79.9. The molecule has 1 unspecified atom stereocenters. The summed E-state index contributed by atoms with van der Waals surface area (Å²) in [5.41, 5.74) is 5.48. The molecular formula is C9H16BrClN4O. The first-order valence-corrected chi connectivity index (χ1v) is 5.47. The number of nitrogens with zero attached hydrogens (tertiary/aromatic N) is 3. The molecule has 16 heavy (non-hydrogen) atoms. The Morgan fingerprint density at radius 2 is 2.38 bits per heavy atom. The van der Waals surface area contributed by atoms with E-state index >= 15 is 0 Å². The summed E-state index contributed by atoms with van der Waals surface area (Å²) in [6, 6.07) is 0.0523. The van der Waals surface area contributed by atoms with Crippen molar-refractivity contribution in [2.75, 3.05) is 13.6 Å². The number of hydrogen-bond acceptors (Lipinski definition) is 3. The second kappa shape index (κ2) is 6.88. The third-order valence-corrected chi connectivity index (χ3v) is 2.70. The summed E-state index contributed by atoms with van der Waals surface area (Å²) in [6.07, 6.45) is 3.42. The van der Waals surface area contributed by atoms with Crippen LogP contribution in [-0.2, 0) is 11.3 Å². The fourth-order valence-electron chi connectivity index (χ4n) is 1.08. The molecule has 2 N–H and O–H groups in total. The molecule has 0 aliphatic rings. The lowest BCUT2D eigenvalue weighted by molar-refractivity contribution is -0.132. The Hall–Kier alpha value is -0.590. The van der Waals surface area contributed by atoms with Gasteiger partial charge in [-0.05, 0) is 22.9 Å². The molecule has 1 atom stereocenters. The quantitative estimate of drug-likeness (QED) is 0.897. The maximum atomic E-state index is 11.7. The molecule has 0 saturated heterocycles. The topological polar surface area (TPSA) is 64.2 Å². The van der Waals surface area contributed by atoms with Crippen LogP contribution in [0, 0.1) is 0 Å². The summed E-state index contributed by atoms with van der Waals surface area (Å²) < 4.78 is 2.46. The summed E-state index contributed by atoms with van der Waals surface area (Å²) in [6.45, 7) is 2.62. The van der Waals surface area contributed by atoms with Gasteiger partial charge < -0.3 is 10.6 Å². The molecule has 1 aromatic rings. The Labute approximate surface area is 110 Å². The van der Waals surface area contributed by atoms with Crippen LogP contribution in [0.1, 0.15) is 6.92 Å². The van der Waals surface area contributed by atoms with E-state index in [1.165, 1.54) is 0 Å². The molecular weight excluding hydrogens is 295 g/mol. The van der Waals surface area contributed by atoms with Gasteiger partial charge in [-0.2, -0.15) is 5.10 Å². The fourth-order valence-corrected chi connectivity index (χ4v) is 1.41. The van der Waals surface area contributed by atoms with Crippen molar-refractivity contribution in [2.24, 2.45) is 5.73 Å². The summed E-state index contributed by atoms with van der Waals surface area (Å²) >= 11 is 3.27. The van der Waals surface area contributed by atoms with Gasteiger partial charge in [-0.25, -0.2) is 0 Å². The van der Waals surface area contributed by atoms with Gasteiger partial charge in [0.15, 0.2) is 0 Å². The third-order valence-electron chi connectivity index (χ3n) is 2.29. The van der Waals surface area contributed by atoms with Gasteiger partial charge in [-0.15, -0.1) is 12.4 Å². The van der Waals surface area contributed by atoms with Crippen molar-refractivity contribution in [3.8, 4) is 0 Å². The SMILES string of the molecule is CC(CN)N(C)C(=O)Cn1cc(Br)cn1.Cl. The van der Waals surface area contributed by atoms with Crippen molar-refractivity contribution in [1.82, 2.24) is 14.7 Å². The van der Waals surface area contributed by atoms with Gasteiger partial charge in [0, 0.05) is 25.8 Å². The molecule has 0 spiro atoms. The van der Waals surface area contributed by atoms with E-state index in [0.29, 0.717) is 6.54 Å². The molecule has 0 aliphatic heterocycles. The van der Waals surface area contributed by atoms with Crippen LogP contribution in [0.3, 0.4) is 0 Å². The van der Waals surface area contributed by atoms with Crippen LogP contribution in [0.4, 0.5) is 0 Å². The minimum Gasteiger partial charge on any atom is -0.340 e. The molecule has 0 bridgehead atoms. The van der Waals surface area contributed by atoms with Gasteiger partial charge >= 0.3 is 0 Å². The van der Waals surface area contributed by atoms with E-state index in [9.17, 15) is 4.79 Å². The van der Waals surface area contributed by atoms with Gasteiger partial charge in [0.25, 0.3) is 0 Å². The standard InChI is InChI=1S/C9H15BrN4O.ClH/c1-7(3-11)13(2)9(15)6-14-5-8(10)4-12-14;/h4-5,7H,3,6,11H2,1-2H3;1H. The predicted octanol–water partition coefficient (Wildman–Crippen LogP) is 0.873. The first-order valence-electron chi connectivity index (χ1n) is 4.68. The highest BCUT2D eigenvalue weighted by molar-refractivity contribution is 9.10. The molecule has 0 radical (unpaired) electrons. The predicted molar refractivity (Wildman–Crippen MR) is 68.5 cm³/mol. The number of carbonyl (C=O) groups excluding carboxylic acids is 1. The summed E-state index contributed by atoms with van der Waals surface area (Å²) in [5.74, 6) is 0.00329. The second-order valence-electron chi connectivity index (χ2n) is 3.45. The van der Waals surface area contributed by atoms with Gasteiger partial charge in [0.05, 0.1) is 10.7 Å². The highest BCUT2D eigenvalue weighted by Crippen LogP contribution is 2.06. The average molecular weight is 312 g/mol. The largest absolute Gasteiger partial charge is 0.340 e. The minimum atomic E-state index is 0. The Kier molecular flexibility index (Phi) is 6.62. The summed E-state index contributed by atoms with van der Waals surface area (Å²) in [5, 5.41) is 4.01. The number of likely N-dealkylation sites (N-methyl/N-ethyl adjacent to an activating group) is 1. The molecule has 0 aliphatic carbocycles. The Balaban J connectivity index is 0.00000225. The van der Waals surface area contributed by atoms with Crippen LogP contribution in [0.2, 0.25) is 0 Å². The fraction of sp³-hybridized carbons (Fsp3) is 0.556. The number of halogens is 2. The van der Waals surface area contributed by atoms with Crippen LogP contribution in [0.25, 0.3) is 0 Å². The monoisotopic (exact) mass is 310 g/mol. The maximum absolute atomic E-state index is 11.7. The molecule has 1 amide bonds. The first kappa shape index (κ1) is 15.4. The van der Waals surface area contributed by atoms with Gasteiger partial charge in [0.1, 0.15) is 6.54 Å². The third kappa shape index (κ3) is 4.11. The number of rotatable bonds is 4. The number of hydrogen-bond donors (Lipinski definition) is 1. The summed E-state index contributed by atoms with van der Waals surface area (Å²) in [4.78, 5) is 13.4. The molecule has 0 aromatic carbocycles. The highest BCUT2D eigenvalue weighted by Gasteiger charge is 2.14. The molecule has 92 valence electrons. The van der Waals surface area contributed by atoms with E-state index in [0.717, 1.165) is 4.47 Å². The zero-order chi connectivity index (χ0) is 11.4. The van der Waals surface area contributed by atoms with Crippen molar-refractivity contribution >= 4 is 34.2 Å². The molecule has 0 saturated carbocycles. The van der Waals surface area contributed by atoms with E-state index in [-0.39, 0.29) is 30.9 Å². The van der Waals surface area contributed by atoms with Crippen molar-refractivity contribution in [3.63, 3.8) is 0 Å². The van der Waals surface area contributed by atoms with E-state index in [4.69, 9.17) is 5.73 Å². The minimum absolute atomic E-state index is 0. The Bertz CT molecular complexity index is 344. The Morgan fingerprint density at radius 3 is 2.81 bits per heavy atom. The number of aromatic nitrogens is 2. The molecule has 1 heterocycles. The average Bonchev–Trinajstić information content (AvgIpc) is 2.61. The molecule has 0 fully saturated rings. The van der Waals surface area contributed by atoms with E-state index in [1.807, 2.05) is 6.92 Å². The van der Waals surface area contributed by atoms with Crippen LogP contribution in [0.5, 0.6) is 0 Å². The van der Waals surface area contributed by atoms with Gasteiger partial charge in [-0.3, -0.25) is 9.48 Å². The molecule has 1 rings (SSSR count). The van der Waals surface area contributed by atoms with Crippen LogP contribution < -0.4 is 5.73 Å². The normalized spacial score (nSPS) is 11.8. The van der Waals surface area contributed by atoms with Gasteiger partial charge in [0.2, 0.25) is 5.91 Å². The lowest BCUT2D eigenvalue weighted by Gasteiger charge is -2.23. The smallest absolute Gasteiger partial charge is 0.244 e. The van der Waals surface area contributed by atoms with Crippen LogP contribution >= 0.6 is 28.3 Å². The maximum Gasteiger partial charge on any atom is 0.244 e. The lowest BCUT2D eigenvalue weighted by atomic mass is 10.3. The van der Waals surface area contributed by atoms with Crippen molar-refractivity contribution in [2.45, 2.75) is 19.5 Å². The number of carbonyl (C=O) groups is 1.